The molecule has 0 unspecified atom stereocenters. The van der Waals surface area contributed by atoms with Gasteiger partial charge >= 0.3 is 0 Å². The molecular weight excluding hydrogens is 422 g/mol. The van der Waals surface area contributed by atoms with Gasteiger partial charge in [-0.3, -0.25) is 4.79 Å². The van der Waals surface area contributed by atoms with Crippen LogP contribution in [0.15, 0.2) is 46.1 Å². The van der Waals surface area contributed by atoms with Gasteiger partial charge in [0, 0.05) is 10.5 Å². The Hall–Kier alpha value is -3.04. The van der Waals surface area contributed by atoms with Crippen LogP contribution in [0.25, 0.3) is 22.4 Å². The van der Waals surface area contributed by atoms with E-state index in [0.29, 0.717) is 38.1 Å². The van der Waals surface area contributed by atoms with Crippen LogP contribution < -0.4 is 24.3 Å². The minimum absolute atomic E-state index is 0.199. The molecule has 0 bridgehead atoms. The molecule has 0 fully saturated rings. The number of rotatable bonds is 6. The number of nitrogens with zero attached hydrogens (tertiary/aromatic N) is 3. The molecule has 9 heteroatoms. The first kappa shape index (κ1) is 20.2. The maximum Gasteiger partial charge on any atom is 0.291 e. The van der Waals surface area contributed by atoms with Crippen molar-refractivity contribution < 1.29 is 14.2 Å². The SMILES string of the molecule is COc1cc(-c2nc3sc(=Cc4ccc(SC)cc4)c(=O)n3n2)cc(OC)c1OC. The molecule has 2 aromatic heterocycles. The molecule has 0 amide bonds. The Bertz CT molecular complexity index is 1290. The van der Waals surface area contributed by atoms with E-state index in [1.807, 2.05) is 36.6 Å². The second-order valence-electron chi connectivity index (χ2n) is 6.23. The number of thiazole rings is 1. The minimum Gasteiger partial charge on any atom is -0.493 e. The fraction of sp³-hybridized carbons (Fsp3) is 0.190. The third-order valence-corrected chi connectivity index (χ3v) is 6.22. The summed E-state index contributed by atoms with van der Waals surface area (Å²) in [5.41, 5.74) is 1.42. The molecule has 0 atom stereocenters. The lowest BCUT2D eigenvalue weighted by Gasteiger charge is -2.12. The van der Waals surface area contributed by atoms with Crippen LogP contribution in [0.5, 0.6) is 17.2 Å². The number of hydrogen-bond acceptors (Lipinski definition) is 8. The second-order valence-corrected chi connectivity index (χ2v) is 8.12. The zero-order valence-corrected chi connectivity index (χ0v) is 18.5. The van der Waals surface area contributed by atoms with Crippen molar-refractivity contribution in [1.82, 2.24) is 14.6 Å². The predicted octanol–water partition coefficient (Wildman–Crippen LogP) is 3.11. The zero-order chi connectivity index (χ0) is 21.3. The van der Waals surface area contributed by atoms with Crippen LogP contribution in [-0.4, -0.2) is 42.2 Å². The quantitative estimate of drug-likeness (QED) is 0.426. The molecule has 2 heterocycles. The summed E-state index contributed by atoms with van der Waals surface area (Å²) >= 11 is 2.98. The standard InChI is InChI=1S/C21H19N3O4S2/c1-26-15-10-13(11-16(27-2)18(15)28-3)19-22-21-24(23-19)20(25)17(30-21)9-12-5-7-14(29-4)8-6-12/h5-11H,1-4H3. The third-order valence-electron chi connectivity index (χ3n) is 4.52. The highest BCUT2D eigenvalue weighted by molar-refractivity contribution is 7.98. The Balaban J connectivity index is 1.77. The number of thioether (sulfide) groups is 1. The summed E-state index contributed by atoms with van der Waals surface area (Å²) in [4.78, 5) is 19.0. The van der Waals surface area contributed by atoms with Crippen molar-refractivity contribution in [3.8, 4) is 28.6 Å². The van der Waals surface area contributed by atoms with Crippen LogP contribution in [-0.2, 0) is 0 Å². The van der Waals surface area contributed by atoms with Crippen LogP contribution >= 0.6 is 23.1 Å². The highest BCUT2D eigenvalue weighted by Crippen LogP contribution is 2.40. The molecule has 7 nitrogen and oxygen atoms in total. The van der Waals surface area contributed by atoms with E-state index >= 15 is 0 Å². The smallest absolute Gasteiger partial charge is 0.291 e. The Labute approximate surface area is 180 Å². The van der Waals surface area contributed by atoms with Crippen LogP contribution in [0.2, 0.25) is 0 Å². The first-order valence-corrected chi connectivity index (χ1v) is 11.0. The molecule has 0 N–H and O–H groups in total. The van der Waals surface area contributed by atoms with E-state index < -0.39 is 0 Å². The molecule has 2 aromatic carbocycles. The Morgan fingerprint density at radius 1 is 1.03 bits per heavy atom. The van der Waals surface area contributed by atoms with Crippen molar-refractivity contribution in [3.63, 3.8) is 0 Å². The van der Waals surface area contributed by atoms with Gasteiger partial charge in [0.25, 0.3) is 5.56 Å². The van der Waals surface area contributed by atoms with E-state index in [9.17, 15) is 4.79 Å². The lowest BCUT2D eigenvalue weighted by Crippen LogP contribution is -2.23. The normalized spacial score (nSPS) is 11.8. The van der Waals surface area contributed by atoms with E-state index in [-0.39, 0.29) is 5.56 Å². The summed E-state index contributed by atoms with van der Waals surface area (Å²) < 4.78 is 18.0. The summed E-state index contributed by atoms with van der Waals surface area (Å²) in [7, 11) is 4.63. The van der Waals surface area contributed by atoms with Crippen LogP contribution in [0.3, 0.4) is 0 Å². The van der Waals surface area contributed by atoms with Crippen LogP contribution in [0, 0.1) is 0 Å². The Kier molecular flexibility index (Phi) is 5.65. The lowest BCUT2D eigenvalue weighted by molar-refractivity contribution is 0.324. The highest BCUT2D eigenvalue weighted by Gasteiger charge is 2.18. The third kappa shape index (κ3) is 3.61. The number of aromatic nitrogens is 3. The molecule has 4 rings (SSSR count). The molecule has 0 saturated heterocycles. The topological polar surface area (TPSA) is 75.0 Å². The summed E-state index contributed by atoms with van der Waals surface area (Å²) in [6.07, 6.45) is 3.88. The molecular formula is C21H19N3O4S2. The van der Waals surface area contributed by atoms with E-state index in [4.69, 9.17) is 14.2 Å². The van der Waals surface area contributed by atoms with Gasteiger partial charge in [0.1, 0.15) is 0 Å². The van der Waals surface area contributed by atoms with Crippen molar-refractivity contribution >= 4 is 34.1 Å². The monoisotopic (exact) mass is 441 g/mol. The Morgan fingerprint density at radius 2 is 1.70 bits per heavy atom. The predicted molar refractivity (Wildman–Crippen MR) is 119 cm³/mol. The van der Waals surface area contributed by atoms with Gasteiger partial charge in [-0.15, -0.1) is 16.9 Å². The molecule has 0 spiro atoms. The van der Waals surface area contributed by atoms with E-state index in [1.54, 1.807) is 45.2 Å². The van der Waals surface area contributed by atoms with E-state index in [1.165, 1.54) is 20.7 Å². The van der Waals surface area contributed by atoms with E-state index in [0.717, 1.165) is 5.56 Å². The fourth-order valence-corrected chi connectivity index (χ4v) is 4.33. The highest BCUT2D eigenvalue weighted by atomic mass is 32.2. The van der Waals surface area contributed by atoms with Crippen LogP contribution in [0.1, 0.15) is 5.56 Å². The summed E-state index contributed by atoms with van der Waals surface area (Å²) in [5.74, 6) is 1.89. The van der Waals surface area contributed by atoms with Gasteiger partial charge < -0.3 is 14.2 Å². The first-order valence-electron chi connectivity index (χ1n) is 8.93. The van der Waals surface area contributed by atoms with Gasteiger partial charge in [0.15, 0.2) is 17.3 Å². The maximum atomic E-state index is 12.8. The van der Waals surface area contributed by atoms with E-state index in [2.05, 4.69) is 10.1 Å². The summed E-state index contributed by atoms with van der Waals surface area (Å²) in [6, 6.07) is 11.5. The zero-order valence-electron chi connectivity index (χ0n) is 16.8. The second kappa shape index (κ2) is 8.37. The summed E-state index contributed by atoms with van der Waals surface area (Å²) in [5, 5.41) is 4.41. The maximum absolute atomic E-state index is 12.8. The van der Waals surface area contributed by atoms with Gasteiger partial charge in [-0.2, -0.15) is 9.50 Å². The van der Waals surface area contributed by atoms with Gasteiger partial charge in [0.2, 0.25) is 10.7 Å². The number of benzene rings is 2. The molecule has 0 saturated carbocycles. The number of fused-ring (bicyclic) bond motifs is 1. The molecule has 30 heavy (non-hydrogen) atoms. The summed E-state index contributed by atoms with van der Waals surface area (Å²) in [6.45, 7) is 0. The van der Waals surface area contributed by atoms with Gasteiger partial charge in [0.05, 0.1) is 25.9 Å². The average Bonchev–Trinajstić information content (AvgIpc) is 3.32. The number of methoxy groups -OCH3 is 3. The molecule has 0 aliphatic rings. The van der Waals surface area contributed by atoms with Gasteiger partial charge in [-0.25, -0.2) is 0 Å². The van der Waals surface area contributed by atoms with Gasteiger partial charge in [-0.1, -0.05) is 23.5 Å². The number of ether oxygens (including phenoxy) is 3. The van der Waals surface area contributed by atoms with Crippen molar-refractivity contribution in [2.75, 3.05) is 27.6 Å². The molecule has 154 valence electrons. The average molecular weight is 442 g/mol. The molecule has 0 radical (unpaired) electrons. The van der Waals surface area contributed by atoms with Crippen molar-refractivity contribution in [1.29, 1.82) is 0 Å². The Morgan fingerprint density at radius 3 is 2.23 bits per heavy atom. The molecule has 0 aliphatic carbocycles. The molecule has 0 aliphatic heterocycles. The van der Waals surface area contributed by atoms with Crippen molar-refractivity contribution in [2.45, 2.75) is 4.90 Å². The number of hydrogen-bond donors (Lipinski definition) is 0. The largest absolute Gasteiger partial charge is 0.493 e. The van der Waals surface area contributed by atoms with Crippen molar-refractivity contribution in [3.05, 3.63) is 56.8 Å². The fourth-order valence-electron chi connectivity index (χ4n) is 3.02. The van der Waals surface area contributed by atoms with Crippen molar-refractivity contribution in [2.24, 2.45) is 0 Å². The lowest BCUT2D eigenvalue weighted by atomic mass is 10.1. The first-order chi connectivity index (χ1) is 14.6. The van der Waals surface area contributed by atoms with Crippen LogP contribution in [0.4, 0.5) is 0 Å². The van der Waals surface area contributed by atoms with Gasteiger partial charge in [-0.05, 0) is 42.2 Å². The molecule has 4 aromatic rings. The minimum atomic E-state index is -0.199.